The summed E-state index contributed by atoms with van der Waals surface area (Å²) in [5.74, 6) is 0.174. The monoisotopic (exact) mass is 245 g/mol. The average molecular weight is 245 g/mol. The van der Waals surface area contributed by atoms with Crippen LogP contribution in [0.3, 0.4) is 0 Å². The van der Waals surface area contributed by atoms with Crippen LogP contribution in [-0.2, 0) is 11.2 Å². The molecule has 1 unspecified atom stereocenters. The van der Waals surface area contributed by atoms with Crippen LogP contribution in [0.2, 0.25) is 0 Å². The van der Waals surface area contributed by atoms with Crippen LogP contribution in [0.15, 0.2) is 18.2 Å². The van der Waals surface area contributed by atoms with Crippen LogP contribution in [-0.4, -0.2) is 30.4 Å². The molecule has 0 saturated carbocycles. The van der Waals surface area contributed by atoms with Gasteiger partial charge in [-0.25, -0.2) is 0 Å². The number of carbonyl (C=O) groups is 1. The lowest BCUT2D eigenvalue weighted by Crippen LogP contribution is -2.31. The van der Waals surface area contributed by atoms with Gasteiger partial charge < -0.3 is 11.1 Å². The molecule has 0 bridgehead atoms. The van der Waals surface area contributed by atoms with E-state index in [-0.39, 0.29) is 5.91 Å². The van der Waals surface area contributed by atoms with Crippen LogP contribution < -0.4 is 11.1 Å². The average Bonchev–Trinajstić information content (AvgIpc) is 2.64. The summed E-state index contributed by atoms with van der Waals surface area (Å²) in [5.41, 5.74) is 9.46. The maximum atomic E-state index is 11.4. The van der Waals surface area contributed by atoms with Crippen molar-refractivity contribution in [1.29, 1.82) is 0 Å². The minimum absolute atomic E-state index is 0.174. The van der Waals surface area contributed by atoms with Gasteiger partial charge in [0.05, 0.1) is 0 Å². The second-order valence-corrected chi connectivity index (χ2v) is 5.15. The Morgan fingerprint density at radius 2 is 2.17 bits per heavy atom. The Kier molecular flexibility index (Phi) is 2.96. The molecule has 3 rings (SSSR count). The number of fused-ring (bicyclic) bond motifs is 1. The maximum absolute atomic E-state index is 11.4. The van der Waals surface area contributed by atoms with E-state index < -0.39 is 0 Å². The summed E-state index contributed by atoms with van der Waals surface area (Å²) in [6, 6.07) is 6.70. The zero-order valence-electron chi connectivity index (χ0n) is 10.5. The van der Waals surface area contributed by atoms with Crippen molar-refractivity contribution in [3.8, 4) is 0 Å². The molecule has 4 heteroatoms. The Morgan fingerprint density at radius 1 is 1.28 bits per heavy atom. The van der Waals surface area contributed by atoms with Gasteiger partial charge in [-0.2, -0.15) is 0 Å². The summed E-state index contributed by atoms with van der Waals surface area (Å²) < 4.78 is 0. The van der Waals surface area contributed by atoms with Gasteiger partial charge in [-0.3, -0.25) is 9.69 Å². The molecule has 0 aromatic heterocycles. The van der Waals surface area contributed by atoms with E-state index in [4.69, 9.17) is 5.73 Å². The van der Waals surface area contributed by atoms with Gasteiger partial charge in [0, 0.05) is 37.8 Å². The first kappa shape index (κ1) is 11.5. The molecule has 1 aliphatic heterocycles. The topological polar surface area (TPSA) is 58.4 Å². The number of anilines is 1. The summed E-state index contributed by atoms with van der Waals surface area (Å²) >= 11 is 0. The molecule has 1 saturated heterocycles. The number of nitrogens with one attached hydrogen (secondary N) is 1. The molecule has 1 aromatic carbocycles. The second-order valence-electron chi connectivity index (χ2n) is 5.15. The second kappa shape index (κ2) is 4.61. The molecule has 0 radical (unpaired) electrons. The molecule has 1 fully saturated rings. The number of carbonyl (C=O) groups excluding carboxylic acids is 1. The van der Waals surface area contributed by atoms with Gasteiger partial charge in [0.1, 0.15) is 0 Å². The summed E-state index contributed by atoms with van der Waals surface area (Å²) in [6.07, 6.45) is 2.86. The van der Waals surface area contributed by atoms with Gasteiger partial charge in [-0.05, 0) is 36.1 Å². The van der Waals surface area contributed by atoms with Gasteiger partial charge in [0.15, 0.2) is 0 Å². The van der Waals surface area contributed by atoms with Crippen LogP contribution in [0.4, 0.5) is 5.69 Å². The van der Waals surface area contributed by atoms with Gasteiger partial charge in [0.25, 0.3) is 0 Å². The number of amides is 1. The summed E-state index contributed by atoms with van der Waals surface area (Å²) in [7, 11) is 0. The summed E-state index contributed by atoms with van der Waals surface area (Å²) in [4.78, 5) is 13.8. The lowest BCUT2D eigenvalue weighted by atomic mass is 10.1. The van der Waals surface area contributed by atoms with Crippen molar-refractivity contribution in [2.45, 2.75) is 25.3 Å². The molecule has 3 N–H and O–H groups in total. The quantitative estimate of drug-likeness (QED) is 0.728. The third kappa shape index (κ3) is 2.08. The first-order chi connectivity index (χ1) is 8.74. The largest absolute Gasteiger partial charge is 0.399 e. The first-order valence-electron chi connectivity index (χ1n) is 6.63. The number of nitrogens with two attached hydrogens (primary N) is 1. The number of benzene rings is 1. The van der Waals surface area contributed by atoms with E-state index in [0.29, 0.717) is 12.5 Å². The number of hydrogen-bond acceptors (Lipinski definition) is 3. The third-order valence-corrected chi connectivity index (χ3v) is 4.00. The van der Waals surface area contributed by atoms with E-state index in [9.17, 15) is 4.79 Å². The van der Waals surface area contributed by atoms with Crippen LogP contribution in [0.5, 0.6) is 0 Å². The van der Waals surface area contributed by atoms with Gasteiger partial charge in [-0.15, -0.1) is 0 Å². The standard InChI is InChI=1S/C14H19N3O/c15-11-2-3-12-10(9-11)1-4-13(12)17-7-5-14(18)16-6-8-17/h2-3,9,13H,1,4-8,15H2,(H,16,18). The predicted octanol–water partition coefficient (Wildman–Crippen LogP) is 1.08. The fourth-order valence-corrected chi connectivity index (χ4v) is 3.09. The van der Waals surface area contributed by atoms with Crippen molar-refractivity contribution in [1.82, 2.24) is 10.2 Å². The molecule has 96 valence electrons. The molecule has 1 atom stereocenters. The van der Waals surface area contributed by atoms with Crippen LogP contribution >= 0.6 is 0 Å². The van der Waals surface area contributed by atoms with E-state index in [1.807, 2.05) is 6.07 Å². The summed E-state index contributed by atoms with van der Waals surface area (Å²) in [6.45, 7) is 2.57. The highest BCUT2D eigenvalue weighted by molar-refractivity contribution is 5.76. The highest BCUT2D eigenvalue weighted by Gasteiger charge is 2.29. The molecule has 1 aromatic rings. The lowest BCUT2D eigenvalue weighted by molar-refractivity contribution is -0.120. The number of rotatable bonds is 1. The Balaban J connectivity index is 1.81. The van der Waals surface area contributed by atoms with Crippen LogP contribution in [0.1, 0.15) is 30.0 Å². The summed E-state index contributed by atoms with van der Waals surface area (Å²) in [5, 5.41) is 2.93. The van der Waals surface area contributed by atoms with E-state index in [1.165, 1.54) is 11.1 Å². The first-order valence-corrected chi connectivity index (χ1v) is 6.63. The van der Waals surface area contributed by atoms with E-state index >= 15 is 0 Å². The molecule has 2 aliphatic rings. The molecular formula is C14H19N3O. The molecule has 18 heavy (non-hydrogen) atoms. The van der Waals surface area contributed by atoms with Gasteiger partial charge in [-0.1, -0.05) is 6.07 Å². The van der Waals surface area contributed by atoms with Crippen LogP contribution in [0, 0.1) is 0 Å². The van der Waals surface area contributed by atoms with Gasteiger partial charge in [0.2, 0.25) is 5.91 Å². The zero-order chi connectivity index (χ0) is 12.5. The molecule has 1 heterocycles. The molecule has 0 spiro atoms. The lowest BCUT2D eigenvalue weighted by Gasteiger charge is -2.27. The SMILES string of the molecule is Nc1ccc2c(c1)CCC2N1CCNC(=O)CC1. The van der Waals surface area contributed by atoms with E-state index in [2.05, 4.69) is 22.3 Å². The van der Waals surface area contributed by atoms with Gasteiger partial charge >= 0.3 is 0 Å². The zero-order valence-corrected chi connectivity index (χ0v) is 10.5. The molecular weight excluding hydrogens is 226 g/mol. The number of nitrogens with zero attached hydrogens (tertiary/aromatic N) is 1. The highest BCUT2D eigenvalue weighted by atomic mass is 16.1. The van der Waals surface area contributed by atoms with Crippen molar-refractivity contribution in [3.05, 3.63) is 29.3 Å². The number of hydrogen-bond donors (Lipinski definition) is 2. The minimum Gasteiger partial charge on any atom is -0.399 e. The number of nitrogen functional groups attached to an aromatic ring is 1. The van der Waals surface area contributed by atoms with E-state index in [1.54, 1.807) is 0 Å². The maximum Gasteiger partial charge on any atom is 0.221 e. The van der Waals surface area contributed by atoms with Crippen molar-refractivity contribution in [2.75, 3.05) is 25.4 Å². The molecule has 1 aliphatic carbocycles. The molecule has 1 amide bonds. The fraction of sp³-hybridized carbons (Fsp3) is 0.500. The smallest absolute Gasteiger partial charge is 0.221 e. The van der Waals surface area contributed by atoms with Crippen molar-refractivity contribution in [2.24, 2.45) is 0 Å². The fourth-order valence-electron chi connectivity index (χ4n) is 3.09. The highest BCUT2D eigenvalue weighted by Crippen LogP contribution is 2.36. The number of aryl methyl sites for hydroxylation is 1. The Labute approximate surface area is 107 Å². The minimum atomic E-state index is 0.174. The Bertz CT molecular complexity index is 472. The van der Waals surface area contributed by atoms with Crippen molar-refractivity contribution < 1.29 is 4.79 Å². The third-order valence-electron chi connectivity index (χ3n) is 4.00. The van der Waals surface area contributed by atoms with E-state index in [0.717, 1.165) is 38.2 Å². The van der Waals surface area contributed by atoms with Crippen molar-refractivity contribution >= 4 is 11.6 Å². The normalized spacial score (nSPS) is 24.4. The van der Waals surface area contributed by atoms with Crippen molar-refractivity contribution in [3.63, 3.8) is 0 Å². The van der Waals surface area contributed by atoms with Crippen LogP contribution in [0.25, 0.3) is 0 Å². The Hall–Kier alpha value is -1.55. The molecule has 4 nitrogen and oxygen atoms in total. The Morgan fingerprint density at radius 3 is 3.06 bits per heavy atom. The predicted molar refractivity (Wildman–Crippen MR) is 71.1 cm³/mol.